The minimum absolute atomic E-state index is 0.0797. The maximum absolute atomic E-state index is 11.7. The molecule has 3 aromatic heterocycles. The first-order valence-corrected chi connectivity index (χ1v) is 11.3. The quantitative estimate of drug-likeness (QED) is 0.492. The Bertz CT molecular complexity index is 1250. The Kier molecular flexibility index (Phi) is 5.02. The summed E-state index contributed by atoms with van der Waals surface area (Å²) in [6.07, 6.45) is 3.80. The third kappa shape index (κ3) is 4.52. The molecular weight excluding hydrogens is 426 g/mol. The van der Waals surface area contributed by atoms with Crippen molar-refractivity contribution in [2.45, 2.75) is 10.1 Å². The molecule has 0 aromatic carbocycles. The van der Waals surface area contributed by atoms with Gasteiger partial charge in [-0.15, -0.1) is 0 Å². The highest BCUT2D eigenvalue weighted by molar-refractivity contribution is 7.90. The van der Waals surface area contributed by atoms with Crippen LogP contribution in [0, 0.1) is 0 Å². The fraction of sp³-hybridized carbons (Fsp3) is 0.143. The van der Waals surface area contributed by atoms with Crippen molar-refractivity contribution in [2.75, 3.05) is 12.5 Å². The van der Waals surface area contributed by atoms with Gasteiger partial charge in [0.15, 0.2) is 41.4 Å². The number of hydrogen-bond donors (Lipinski definition) is 1. The number of carboxylic acid groups (broad SMARTS) is 1. The lowest BCUT2D eigenvalue weighted by atomic mass is 10.3. The SMILES string of the molecule is CS(=O)(=O)c1cc(-c2nc(C(=O)O)nc(-c3cc(S(C)(=O)=O)ncn3)n2)ncn1. The molecule has 0 bridgehead atoms. The Balaban J connectivity index is 2.22. The molecule has 0 spiro atoms. The summed E-state index contributed by atoms with van der Waals surface area (Å²) in [5.41, 5.74) is -0.159. The summed E-state index contributed by atoms with van der Waals surface area (Å²) >= 11 is 0. The highest BCUT2D eigenvalue weighted by atomic mass is 32.2. The summed E-state index contributed by atoms with van der Waals surface area (Å²) in [6, 6.07) is 2.14. The van der Waals surface area contributed by atoms with Crippen LogP contribution in [-0.2, 0) is 19.7 Å². The molecule has 0 saturated heterocycles. The van der Waals surface area contributed by atoms with Crippen molar-refractivity contribution in [3.63, 3.8) is 0 Å². The van der Waals surface area contributed by atoms with Gasteiger partial charge in [0.1, 0.15) is 24.0 Å². The average molecular weight is 437 g/mol. The van der Waals surface area contributed by atoms with Gasteiger partial charge in [0.05, 0.1) is 0 Å². The number of hydrogen-bond acceptors (Lipinski definition) is 12. The first-order valence-electron chi connectivity index (χ1n) is 7.49. The maximum atomic E-state index is 11.7. The second-order valence-electron chi connectivity index (χ2n) is 5.64. The van der Waals surface area contributed by atoms with Crippen LogP contribution in [0.5, 0.6) is 0 Å². The van der Waals surface area contributed by atoms with Crippen LogP contribution in [0.4, 0.5) is 0 Å². The summed E-state index contributed by atoms with van der Waals surface area (Å²) in [7, 11) is -7.34. The van der Waals surface area contributed by atoms with Crippen LogP contribution in [0.15, 0.2) is 34.8 Å². The van der Waals surface area contributed by atoms with Gasteiger partial charge in [-0.3, -0.25) is 0 Å². The zero-order valence-electron chi connectivity index (χ0n) is 14.7. The normalized spacial score (nSPS) is 11.9. The molecule has 0 atom stereocenters. The molecule has 3 heterocycles. The predicted molar refractivity (Wildman–Crippen MR) is 95.1 cm³/mol. The van der Waals surface area contributed by atoms with E-state index in [1.165, 1.54) is 0 Å². The molecule has 0 aliphatic carbocycles. The minimum Gasteiger partial charge on any atom is -0.475 e. The molecule has 0 unspecified atom stereocenters. The van der Waals surface area contributed by atoms with Crippen LogP contribution >= 0.6 is 0 Å². The molecule has 15 heteroatoms. The number of rotatable bonds is 5. The van der Waals surface area contributed by atoms with E-state index >= 15 is 0 Å². The molecule has 13 nitrogen and oxygen atoms in total. The van der Waals surface area contributed by atoms with E-state index in [9.17, 15) is 26.7 Å². The highest BCUT2D eigenvalue weighted by Crippen LogP contribution is 2.20. The second-order valence-corrected chi connectivity index (χ2v) is 9.56. The minimum atomic E-state index is -3.67. The van der Waals surface area contributed by atoms with Crippen LogP contribution in [0.25, 0.3) is 23.0 Å². The van der Waals surface area contributed by atoms with Crippen molar-refractivity contribution in [3.8, 4) is 23.0 Å². The predicted octanol–water partition coefficient (Wildman–Crippen LogP) is -0.709. The van der Waals surface area contributed by atoms with Gasteiger partial charge in [-0.25, -0.2) is 56.5 Å². The van der Waals surface area contributed by atoms with Crippen LogP contribution in [0.2, 0.25) is 0 Å². The molecule has 1 N–H and O–H groups in total. The van der Waals surface area contributed by atoms with E-state index in [0.29, 0.717) is 0 Å². The molecule has 0 amide bonds. The Labute approximate surface area is 163 Å². The standard InChI is InChI=1S/C14H11N7O6S2/c1-28(24,25)9-3-7(15-5-17-9)11-19-12(21-13(20-11)14(22)23)8-4-10(18-6-16-8)29(2,26)27/h3-6H,1-2H3,(H,22,23). The van der Waals surface area contributed by atoms with Gasteiger partial charge in [0.2, 0.25) is 5.82 Å². The second kappa shape index (κ2) is 7.17. The highest BCUT2D eigenvalue weighted by Gasteiger charge is 2.20. The first-order chi connectivity index (χ1) is 13.4. The monoisotopic (exact) mass is 437 g/mol. The van der Waals surface area contributed by atoms with E-state index in [4.69, 9.17) is 0 Å². The number of aromatic nitrogens is 7. The van der Waals surface area contributed by atoms with Crippen molar-refractivity contribution >= 4 is 25.6 Å². The van der Waals surface area contributed by atoms with Gasteiger partial charge in [-0.05, 0) is 0 Å². The van der Waals surface area contributed by atoms with E-state index in [1.807, 2.05) is 0 Å². The molecule has 0 saturated carbocycles. The van der Waals surface area contributed by atoms with Crippen molar-refractivity contribution in [3.05, 3.63) is 30.6 Å². The summed E-state index contributed by atoms with van der Waals surface area (Å²) in [5.74, 6) is -2.70. The van der Waals surface area contributed by atoms with E-state index < -0.39 is 31.5 Å². The maximum Gasteiger partial charge on any atom is 0.374 e. The zero-order chi connectivity index (χ0) is 21.4. The van der Waals surface area contributed by atoms with Gasteiger partial charge in [0, 0.05) is 24.6 Å². The molecular formula is C14H11N7O6S2. The molecule has 150 valence electrons. The van der Waals surface area contributed by atoms with Crippen LogP contribution in [0.1, 0.15) is 10.6 Å². The van der Waals surface area contributed by atoms with Gasteiger partial charge >= 0.3 is 5.97 Å². The lowest BCUT2D eigenvalue weighted by molar-refractivity contribution is 0.0683. The Morgan fingerprint density at radius 3 is 1.52 bits per heavy atom. The number of nitrogens with zero attached hydrogens (tertiary/aromatic N) is 7. The third-order valence-corrected chi connectivity index (χ3v) is 5.29. The van der Waals surface area contributed by atoms with Crippen LogP contribution in [-0.4, -0.2) is 75.3 Å². The number of carbonyl (C=O) groups is 1. The molecule has 0 fully saturated rings. The molecule has 29 heavy (non-hydrogen) atoms. The topological polar surface area (TPSA) is 196 Å². The third-order valence-electron chi connectivity index (χ3n) is 3.33. The molecule has 3 rings (SSSR count). The van der Waals surface area contributed by atoms with Gasteiger partial charge < -0.3 is 5.11 Å². The van der Waals surface area contributed by atoms with Gasteiger partial charge in [-0.1, -0.05) is 0 Å². The van der Waals surface area contributed by atoms with E-state index in [-0.39, 0.29) is 33.1 Å². The Morgan fingerprint density at radius 2 is 1.17 bits per heavy atom. The van der Waals surface area contributed by atoms with Crippen molar-refractivity contribution in [1.82, 2.24) is 34.9 Å². The molecule has 0 radical (unpaired) electrons. The van der Waals surface area contributed by atoms with E-state index in [2.05, 4.69) is 34.9 Å². The Hall–Kier alpha value is -3.46. The number of aromatic carboxylic acids is 1. The van der Waals surface area contributed by atoms with Crippen molar-refractivity contribution < 1.29 is 26.7 Å². The van der Waals surface area contributed by atoms with Crippen molar-refractivity contribution in [1.29, 1.82) is 0 Å². The molecule has 0 aliphatic heterocycles. The van der Waals surface area contributed by atoms with E-state index in [1.54, 1.807) is 0 Å². The first kappa shape index (κ1) is 20.3. The number of carboxylic acids is 1. The molecule has 3 aromatic rings. The fourth-order valence-corrected chi connectivity index (χ4v) is 3.16. The average Bonchev–Trinajstić information content (AvgIpc) is 2.66. The summed E-state index contributed by atoms with van der Waals surface area (Å²) < 4.78 is 46.8. The Morgan fingerprint density at radius 1 is 0.759 bits per heavy atom. The molecule has 0 aliphatic rings. The number of sulfone groups is 2. The van der Waals surface area contributed by atoms with Crippen molar-refractivity contribution in [2.24, 2.45) is 0 Å². The van der Waals surface area contributed by atoms with Gasteiger partial charge in [-0.2, -0.15) is 0 Å². The summed E-state index contributed by atoms with van der Waals surface area (Å²) in [6.45, 7) is 0. The van der Waals surface area contributed by atoms with Crippen LogP contribution in [0.3, 0.4) is 0 Å². The summed E-state index contributed by atoms with van der Waals surface area (Å²) in [4.78, 5) is 38.0. The lowest BCUT2D eigenvalue weighted by Crippen LogP contribution is -2.11. The zero-order valence-corrected chi connectivity index (χ0v) is 16.4. The fourth-order valence-electron chi connectivity index (χ4n) is 2.03. The summed E-state index contributed by atoms with van der Waals surface area (Å²) in [5, 5.41) is 8.65. The largest absolute Gasteiger partial charge is 0.475 e. The lowest BCUT2D eigenvalue weighted by Gasteiger charge is -2.06. The van der Waals surface area contributed by atoms with Gasteiger partial charge in [0.25, 0.3) is 0 Å². The smallest absolute Gasteiger partial charge is 0.374 e. The van der Waals surface area contributed by atoms with Crippen LogP contribution < -0.4 is 0 Å². The van der Waals surface area contributed by atoms with E-state index in [0.717, 1.165) is 37.3 Å².